The molecule has 0 unspecified atom stereocenters. The first-order chi connectivity index (χ1) is 9.69. The lowest BCUT2D eigenvalue weighted by Gasteiger charge is -2.16. The van der Waals surface area contributed by atoms with Gasteiger partial charge in [-0.1, -0.05) is 13.0 Å². The van der Waals surface area contributed by atoms with Gasteiger partial charge in [-0.2, -0.15) is 0 Å². The zero-order valence-corrected chi connectivity index (χ0v) is 12.5. The van der Waals surface area contributed by atoms with Crippen LogP contribution in [0.1, 0.15) is 29.6 Å². The number of aryl methyl sites for hydroxylation is 1. The lowest BCUT2D eigenvalue weighted by atomic mass is 10.2. The number of nitrogens with zero attached hydrogens (tertiary/aromatic N) is 2. The highest BCUT2D eigenvalue weighted by Crippen LogP contribution is 2.14. The van der Waals surface area contributed by atoms with E-state index in [9.17, 15) is 0 Å². The van der Waals surface area contributed by atoms with Crippen molar-refractivity contribution in [2.45, 2.75) is 33.5 Å². The number of pyridine rings is 1. The largest absolute Gasteiger partial charge is 0.468 e. The third-order valence-electron chi connectivity index (χ3n) is 3.19. The fraction of sp³-hybridized carbons (Fsp3) is 0.438. The fourth-order valence-corrected chi connectivity index (χ4v) is 2.21. The van der Waals surface area contributed by atoms with Crippen LogP contribution in [-0.2, 0) is 19.6 Å². The Morgan fingerprint density at radius 3 is 2.85 bits per heavy atom. The molecule has 0 aliphatic heterocycles. The minimum atomic E-state index is 0.787. The van der Waals surface area contributed by atoms with Crippen LogP contribution >= 0.6 is 0 Å². The van der Waals surface area contributed by atoms with Crippen molar-refractivity contribution in [2.75, 3.05) is 13.6 Å². The fourth-order valence-electron chi connectivity index (χ4n) is 2.21. The molecule has 2 rings (SSSR count). The van der Waals surface area contributed by atoms with Crippen LogP contribution in [0.2, 0.25) is 0 Å². The van der Waals surface area contributed by atoms with Crippen molar-refractivity contribution < 1.29 is 4.42 Å². The van der Waals surface area contributed by atoms with Crippen LogP contribution in [0.3, 0.4) is 0 Å². The molecule has 2 aromatic rings. The second-order valence-corrected chi connectivity index (χ2v) is 5.09. The number of nitrogens with one attached hydrogen (secondary N) is 1. The Bertz CT molecular complexity index is 536. The molecule has 4 heteroatoms. The van der Waals surface area contributed by atoms with Gasteiger partial charge < -0.3 is 9.73 Å². The Kier molecular flexibility index (Phi) is 5.32. The quantitative estimate of drug-likeness (QED) is 0.842. The third-order valence-corrected chi connectivity index (χ3v) is 3.19. The van der Waals surface area contributed by atoms with Crippen LogP contribution in [0, 0.1) is 6.92 Å². The van der Waals surface area contributed by atoms with Gasteiger partial charge in [-0.15, -0.1) is 0 Å². The van der Waals surface area contributed by atoms with Gasteiger partial charge in [0.1, 0.15) is 5.76 Å². The summed E-state index contributed by atoms with van der Waals surface area (Å²) in [7, 11) is 2.11. The van der Waals surface area contributed by atoms with E-state index in [1.807, 2.05) is 19.1 Å². The molecule has 0 saturated heterocycles. The lowest BCUT2D eigenvalue weighted by molar-refractivity contribution is 0.311. The van der Waals surface area contributed by atoms with E-state index in [1.165, 1.54) is 5.56 Å². The first-order valence-corrected chi connectivity index (χ1v) is 7.06. The van der Waals surface area contributed by atoms with Crippen molar-refractivity contribution in [2.24, 2.45) is 0 Å². The Balaban J connectivity index is 1.94. The average molecular weight is 273 g/mol. The van der Waals surface area contributed by atoms with E-state index in [1.54, 1.807) is 6.26 Å². The Morgan fingerprint density at radius 1 is 1.25 bits per heavy atom. The highest BCUT2D eigenvalue weighted by molar-refractivity contribution is 5.17. The monoisotopic (exact) mass is 273 g/mol. The molecule has 0 atom stereocenters. The minimum Gasteiger partial charge on any atom is -0.468 e. The van der Waals surface area contributed by atoms with Crippen LogP contribution in [-0.4, -0.2) is 23.5 Å². The molecule has 4 nitrogen and oxygen atoms in total. The molecular weight excluding hydrogens is 250 g/mol. The number of aromatic nitrogens is 1. The van der Waals surface area contributed by atoms with Crippen LogP contribution in [0.15, 0.2) is 34.9 Å². The normalized spacial score (nSPS) is 11.2. The molecule has 20 heavy (non-hydrogen) atoms. The van der Waals surface area contributed by atoms with Crippen molar-refractivity contribution in [3.8, 4) is 0 Å². The first-order valence-electron chi connectivity index (χ1n) is 7.06. The zero-order valence-electron chi connectivity index (χ0n) is 12.5. The van der Waals surface area contributed by atoms with Crippen molar-refractivity contribution in [1.82, 2.24) is 15.2 Å². The van der Waals surface area contributed by atoms with Gasteiger partial charge >= 0.3 is 0 Å². The van der Waals surface area contributed by atoms with Gasteiger partial charge in [0.15, 0.2) is 0 Å². The van der Waals surface area contributed by atoms with E-state index in [2.05, 4.69) is 41.3 Å². The zero-order chi connectivity index (χ0) is 14.4. The SMILES string of the molecule is CCNCc1occc1CN(C)Cc1cccc(C)n1. The maximum Gasteiger partial charge on any atom is 0.122 e. The molecule has 108 valence electrons. The summed E-state index contributed by atoms with van der Waals surface area (Å²) in [4.78, 5) is 6.79. The maximum atomic E-state index is 5.53. The summed E-state index contributed by atoms with van der Waals surface area (Å²) in [5.41, 5.74) is 3.40. The van der Waals surface area contributed by atoms with E-state index in [0.717, 1.165) is 43.3 Å². The van der Waals surface area contributed by atoms with Crippen LogP contribution in [0.4, 0.5) is 0 Å². The predicted molar refractivity (Wildman–Crippen MR) is 80.2 cm³/mol. The van der Waals surface area contributed by atoms with Gasteiger partial charge in [-0.25, -0.2) is 0 Å². The van der Waals surface area contributed by atoms with Crippen LogP contribution < -0.4 is 5.32 Å². The summed E-state index contributed by atoms with van der Waals surface area (Å²) < 4.78 is 5.53. The standard InChI is InChI=1S/C16H23N3O/c1-4-17-10-16-14(8-9-20-16)11-19(3)12-15-7-5-6-13(2)18-15/h5-9,17H,4,10-12H2,1-3H3. The molecule has 0 aliphatic rings. The second-order valence-electron chi connectivity index (χ2n) is 5.09. The van der Waals surface area contributed by atoms with Gasteiger partial charge in [-0.05, 0) is 38.7 Å². The Morgan fingerprint density at radius 2 is 2.10 bits per heavy atom. The summed E-state index contributed by atoms with van der Waals surface area (Å²) >= 11 is 0. The molecule has 0 aromatic carbocycles. The van der Waals surface area contributed by atoms with Crippen molar-refractivity contribution in [3.63, 3.8) is 0 Å². The molecule has 0 spiro atoms. The van der Waals surface area contributed by atoms with Gasteiger partial charge in [-0.3, -0.25) is 9.88 Å². The summed E-state index contributed by atoms with van der Waals surface area (Å²) in [5, 5.41) is 3.30. The molecule has 2 heterocycles. The average Bonchev–Trinajstić information content (AvgIpc) is 2.83. The van der Waals surface area contributed by atoms with Gasteiger partial charge in [0, 0.05) is 24.3 Å². The van der Waals surface area contributed by atoms with Crippen molar-refractivity contribution in [3.05, 3.63) is 53.2 Å². The first kappa shape index (κ1) is 14.8. The van der Waals surface area contributed by atoms with Gasteiger partial charge in [0.25, 0.3) is 0 Å². The summed E-state index contributed by atoms with van der Waals surface area (Å²) in [6, 6.07) is 8.19. The molecule has 0 aliphatic carbocycles. The number of hydrogen-bond donors (Lipinski definition) is 1. The van der Waals surface area contributed by atoms with Gasteiger partial charge in [0.05, 0.1) is 18.5 Å². The second kappa shape index (κ2) is 7.22. The van der Waals surface area contributed by atoms with Crippen LogP contribution in [0.25, 0.3) is 0 Å². The van der Waals surface area contributed by atoms with E-state index in [0.29, 0.717) is 0 Å². The Hall–Kier alpha value is -1.65. The smallest absolute Gasteiger partial charge is 0.122 e. The van der Waals surface area contributed by atoms with Crippen molar-refractivity contribution >= 4 is 0 Å². The van der Waals surface area contributed by atoms with E-state index < -0.39 is 0 Å². The predicted octanol–water partition coefficient (Wildman–Crippen LogP) is 2.72. The summed E-state index contributed by atoms with van der Waals surface area (Å²) in [6.45, 7) is 7.56. The number of furan rings is 1. The topological polar surface area (TPSA) is 41.3 Å². The molecule has 0 fully saturated rings. The number of rotatable bonds is 7. The van der Waals surface area contributed by atoms with Gasteiger partial charge in [0.2, 0.25) is 0 Å². The highest BCUT2D eigenvalue weighted by Gasteiger charge is 2.09. The highest BCUT2D eigenvalue weighted by atomic mass is 16.3. The minimum absolute atomic E-state index is 0.787. The Labute approximate surface area is 120 Å². The molecule has 0 amide bonds. The number of hydrogen-bond acceptors (Lipinski definition) is 4. The molecule has 0 radical (unpaired) electrons. The maximum absolute atomic E-state index is 5.53. The van der Waals surface area contributed by atoms with Crippen LogP contribution in [0.5, 0.6) is 0 Å². The van der Waals surface area contributed by atoms with Crippen molar-refractivity contribution in [1.29, 1.82) is 0 Å². The molecule has 0 saturated carbocycles. The molecular formula is C16H23N3O. The molecule has 2 aromatic heterocycles. The summed E-state index contributed by atoms with van der Waals surface area (Å²) in [6.07, 6.45) is 1.76. The molecule has 1 N–H and O–H groups in total. The molecule has 0 bridgehead atoms. The third kappa shape index (κ3) is 4.18. The van der Waals surface area contributed by atoms with E-state index in [4.69, 9.17) is 4.42 Å². The van der Waals surface area contributed by atoms with E-state index >= 15 is 0 Å². The van der Waals surface area contributed by atoms with E-state index in [-0.39, 0.29) is 0 Å². The lowest BCUT2D eigenvalue weighted by Crippen LogP contribution is -2.19. The summed E-state index contributed by atoms with van der Waals surface area (Å²) in [5.74, 6) is 1.02.